The van der Waals surface area contributed by atoms with Crippen LogP contribution in [0.3, 0.4) is 0 Å². The summed E-state index contributed by atoms with van der Waals surface area (Å²) in [5.41, 5.74) is 2.68. The van der Waals surface area contributed by atoms with Crippen molar-refractivity contribution in [3.8, 4) is 22.6 Å². The largest absolute Gasteiger partial charge is 0.466 e. The van der Waals surface area contributed by atoms with E-state index in [2.05, 4.69) is 0 Å². The molecule has 1 aliphatic rings. The third-order valence-electron chi connectivity index (χ3n) is 5.48. The maximum atomic E-state index is 12.7. The number of piperidine rings is 1. The number of ether oxygens (including phenoxy) is 1. The van der Waals surface area contributed by atoms with Crippen LogP contribution in [0.15, 0.2) is 70.3 Å². The lowest BCUT2D eigenvalue weighted by Crippen LogP contribution is -2.41. The summed E-state index contributed by atoms with van der Waals surface area (Å²) in [4.78, 5) is 31.1. The normalized spacial score (nSPS) is 14.3. The second-order valence-electron chi connectivity index (χ2n) is 7.59. The summed E-state index contributed by atoms with van der Waals surface area (Å²) in [6, 6.07) is 19.7. The summed E-state index contributed by atoms with van der Waals surface area (Å²) in [6.07, 6.45) is 1.29. The maximum absolute atomic E-state index is 12.7. The van der Waals surface area contributed by atoms with Crippen molar-refractivity contribution >= 4 is 23.6 Å². The highest BCUT2D eigenvalue weighted by Crippen LogP contribution is 2.35. The molecular weight excluding hydrogens is 424 g/mol. The van der Waals surface area contributed by atoms with Crippen LogP contribution >= 0.6 is 11.8 Å². The van der Waals surface area contributed by atoms with E-state index in [-0.39, 0.29) is 23.5 Å². The smallest absolute Gasteiger partial charge is 0.309 e. The first-order chi connectivity index (χ1) is 15.7. The van der Waals surface area contributed by atoms with Gasteiger partial charge in [-0.3, -0.25) is 9.59 Å². The molecule has 166 valence electrons. The number of carbonyl (C=O) groups excluding carboxylic acids is 2. The van der Waals surface area contributed by atoms with Crippen molar-refractivity contribution in [1.29, 1.82) is 0 Å². The third-order valence-corrected chi connectivity index (χ3v) is 6.29. The molecule has 7 heteroatoms. The zero-order valence-electron chi connectivity index (χ0n) is 18.0. The van der Waals surface area contributed by atoms with E-state index in [0.29, 0.717) is 43.5 Å². The topological polar surface area (TPSA) is 72.6 Å². The van der Waals surface area contributed by atoms with Gasteiger partial charge in [-0.05, 0) is 19.8 Å². The van der Waals surface area contributed by atoms with E-state index in [4.69, 9.17) is 14.1 Å². The fraction of sp³-hybridized carbons (Fsp3) is 0.320. The molecule has 4 rings (SSSR count). The molecule has 0 saturated carbocycles. The minimum Gasteiger partial charge on any atom is -0.466 e. The number of hydrogen-bond acceptors (Lipinski definition) is 6. The quantitative estimate of drug-likeness (QED) is 0.376. The zero-order chi connectivity index (χ0) is 22.3. The van der Waals surface area contributed by atoms with Gasteiger partial charge in [-0.15, -0.1) is 0 Å². The highest BCUT2D eigenvalue weighted by atomic mass is 32.2. The Morgan fingerprint density at radius 3 is 2.28 bits per heavy atom. The molecule has 1 amide bonds. The molecule has 0 atom stereocenters. The number of likely N-dealkylation sites (tertiary alicyclic amines) is 1. The molecule has 6 nitrogen and oxygen atoms in total. The predicted molar refractivity (Wildman–Crippen MR) is 124 cm³/mol. The average molecular weight is 451 g/mol. The Morgan fingerprint density at radius 2 is 1.66 bits per heavy atom. The Kier molecular flexibility index (Phi) is 7.27. The van der Waals surface area contributed by atoms with Gasteiger partial charge in [-0.2, -0.15) is 0 Å². The van der Waals surface area contributed by atoms with E-state index in [0.717, 1.165) is 16.8 Å². The molecule has 2 aromatic carbocycles. The molecule has 0 spiro atoms. The summed E-state index contributed by atoms with van der Waals surface area (Å²) in [5, 5.41) is 0.470. The van der Waals surface area contributed by atoms with Crippen LogP contribution in [-0.4, -0.2) is 47.2 Å². The summed E-state index contributed by atoms with van der Waals surface area (Å²) in [6.45, 7) is 3.33. The summed E-state index contributed by atoms with van der Waals surface area (Å²) >= 11 is 1.30. The predicted octanol–water partition coefficient (Wildman–Crippen LogP) is 4.90. The van der Waals surface area contributed by atoms with Crippen molar-refractivity contribution < 1.29 is 18.7 Å². The number of nitrogens with zero attached hydrogens (tertiary/aromatic N) is 2. The first kappa shape index (κ1) is 22.1. The van der Waals surface area contributed by atoms with Crippen molar-refractivity contribution in [1.82, 2.24) is 9.88 Å². The van der Waals surface area contributed by atoms with Crippen LogP contribution in [0.2, 0.25) is 0 Å². The number of oxazole rings is 1. The SMILES string of the molecule is CCOC(=O)C1CCN(C(=O)CSc2nc(-c3ccccc3)c(-c3ccccc3)o2)CC1. The molecule has 1 aromatic heterocycles. The average Bonchev–Trinajstić information content (AvgIpc) is 3.28. The van der Waals surface area contributed by atoms with E-state index in [1.165, 1.54) is 11.8 Å². The van der Waals surface area contributed by atoms with Gasteiger partial charge in [0.2, 0.25) is 5.91 Å². The molecule has 0 bridgehead atoms. The van der Waals surface area contributed by atoms with Gasteiger partial charge in [0.05, 0.1) is 18.3 Å². The second kappa shape index (κ2) is 10.5. The number of rotatable bonds is 7. The zero-order valence-corrected chi connectivity index (χ0v) is 18.8. The molecule has 1 fully saturated rings. The van der Waals surface area contributed by atoms with Crippen LogP contribution < -0.4 is 0 Å². The molecule has 0 N–H and O–H groups in total. The molecular formula is C25H26N2O4S. The van der Waals surface area contributed by atoms with Crippen LogP contribution in [0, 0.1) is 5.92 Å². The molecule has 0 unspecified atom stereocenters. The standard InChI is InChI=1S/C25H26N2O4S/c1-2-30-24(29)20-13-15-27(16-14-20)21(28)17-32-25-26-22(18-9-5-3-6-10-18)23(31-25)19-11-7-4-8-12-19/h3-12,20H,2,13-17H2,1H3. The molecule has 32 heavy (non-hydrogen) atoms. The van der Waals surface area contributed by atoms with Crippen molar-refractivity contribution in [3.63, 3.8) is 0 Å². The lowest BCUT2D eigenvalue weighted by molar-refractivity contribution is -0.151. The van der Waals surface area contributed by atoms with Crippen LogP contribution in [0.1, 0.15) is 19.8 Å². The van der Waals surface area contributed by atoms with E-state index < -0.39 is 0 Å². The highest BCUT2D eigenvalue weighted by Gasteiger charge is 2.28. The fourth-order valence-electron chi connectivity index (χ4n) is 3.78. The van der Waals surface area contributed by atoms with Gasteiger partial charge in [-0.1, -0.05) is 72.4 Å². The Labute approximate surface area is 192 Å². The number of thioether (sulfide) groups is 1. The summed E-state index contributed by atoms with van der Waals surface area (Å²) in [5.74, 6) is 0.698. The fourth-order valence-corrected chi connectivity index (χ4v) is 4.51. The van der Waals surface area contributed by atoms with Crippen molar-refractivity contribution in [2.24, 2.45) is 5.92 Å². The monoisotopic (exact) mass is 450 g/mol. The molecule has 3 aromatic rings. The van der Waals surface area contributed by atoms with Crippen molar-refractivity contribution in [3.05, 3.63) is 60.7 Å². The minimum atomic E-state index is -0.157. The molecule has 0 radical (unpaired) electrons. The molecule has 2 heterocycles. The van der Waals surface area contributed by atoms with Crippen LogP contribution in [-0.2, 0) is 14.3 Å². The van der Waals surface area contributed by atoms with E-state index >= 15 is 0 Å². The summed E-state index contributed by atoms with van der Waals surface area (Å²) in [7, 11) is 0. The summed E-state index contributed by atoms with van der Waals surface area (Å²) < 4.78 is 11.2. The van der Waals surface area contributed by atoms with Crippen LogP contribution in [0.25, 0.3) is 22.6 Å². The van der Waals surface area contributed by atoms with Crippen LogP contribution in [0.5, 0.6) is 0 Å². The Bertz CT molecular complexity index is 987. The lowest BCUT2D eigenvalue weighted by atomic mass is 9.97. The van der Waals surface area contributed by atoms with Gasteiger partial charge in [0.15, 0.2) is 5.76 Å². The first-order valence-electron chi connectivity index (χ1n) is 10.8. The Hall–Kier alpha value is -3.06. The van der Waals surface area contributed by atoms with Gasteiger partial charge >= 0.3 is 5.97 Å². The number of aromatic nitrogens is 1. The maximum Gasteiger partial charge on any atom is 0.309 e. The number of carbonyl (C=O) groups is 2. The van der Waals surface area contributed by atoms with Gasteiger partial charge in [0, 0.05) is 24.2 Å². The minimum absolute atomic E-state index is 0.0260. The second-order valence-corrected chi connectivity index (χ2v) is 8.51. The number of esters is 1. The third kappa shape index (κ3) is 5.22. The van der Waals surface area contributed by atoms with E-state index in [1.54, 1.807) is 0 Å². The molecule has 1 aliphatic heterocycles. The lowest BCUT2D eigenvalue weighted by Gasteiger charge is -2.30. The number of hydrogen-bond donors (Lipinski definition) is 0. The highest BCUT2D eigenvalue weighted by molar-refractivity contribution is 7.99. The van der Waals surface area contributed by atoms with Gasteiger partial charge < -0.3 is 14.1 Å². The van der Waals surface area contributed by atoms with Crippen molar-refractivity contribution in [2.75, 3.05) is 25.4 Å². The number of amides is 1. The van der Waals surface area contributed by atoms with E-state index in [1.807, 2.05) is 72.5 Å². The first-order valence-corrected chi connectivity index (χ1v) is 11.8. The Balaban J connectivity index is 1.42. The molecule has 0 aliphatic carbocycles. The molecule has 1 saturated heterocycles. The van der Waals surface area contributed by atoms with Gasteiger partial charge in [0.25, 0.3) is 5.22 Å². The Morgan fingerprint density at radius 1 is 1.03 bits per heavy atom. The van der Waals surface area contributed by atoms with Crippen LogP contribution in [0.4, 0.5) is 0 Å². The van der Waals surface area contributed by atoms with Gasteiger partial charge in [-0.25, -0.2) is 4.98 Å². The number of benzene rings is 2. The van der Waals surface area contributed by atoms with E-state index in [9.17, 15) is 9.59 Å². The van der Waals surface area contributed by atoms with Crippen molar-refractivity contribution in [2.45, 2.75) is 25.0 Å². The van der Waals surface area contributed by atoms with Gasteiger partial charge in [0.1, 0.15) is 5.69 Å².